The van der Waals surface area contributed by atoms with Gasteiger partial charge in [0.05, 0.1) is 12.2 Å². The lowest BCUT2D eigenvalue weighted by atomic mass is 9.92. The molecule has 2 aliphatic heterocycles. The maximum Gasteiger partial charge on any atom is 0.255 e. The molecular weight excluding hydrogens is 362 g/mol. The Bertz CT molecular complexity index is 786. The van der Waals surface area contributed by atoms with Crippen molar-refractivity contribution in [2.75, 3.05) is 25.0 Å². The summed E-state index contributed by atoms with van der Waals surface area (Å²) in [5, 5.41) is 6.77. The van der Waals surface area contributed by atoms with Crippen LogP contribution in [0.15, 0.2) is 48.5 Å². The van der Waals surface area contributed by atoms with Crippen molar-refractivity contribution >= 4 is 24.0 Å². The number of para-hydroxylation sites is 1. The second-order valence-corrected chi connectivity index (χ2v) is 7.06. The van der Waals surface area contributed by atoms with Gasteiger partial charge in [-0.05, 0) is 36.8 Å². The summed E-state index contributed by atoms with van der Waals surface area (Å²) in [5.41, 5.74) is 2.64. The number of nitrogens with zero attached hydrogens (tertiary/aromatic N) is 1. The van der Waals surface area contributed by atoms with Crippen LogP contribution in [0, 0.1) is 0 Å². The van der Waals surface area contributed by atoms with Gasteiger partial charge in [-0.1, -0.05) is 24.3 Å². The van der Waals surface area contributed by atoms with Gasteiger partial charge in [0.1, 0.15) is 11.4 Å². The molecule has 2 aromatic rings. The lowest BCUT2D eigenvalue weighted by Gasteiger charge is -2.46. The van der Waals surface area contributed by atoms with Gasteiger partial charge in [-0.15, -0.1) is 12.4 Å². The van der Waals surface area contributed by atoms with Crippen molar-refractivity contribution in [1.29, 1.82) is 0 Å². The van der Waals surface area contributed by atoms with Crippen LogP contribution in [0.4, 0.5) is 5.69 Å². The van der Waals surface area contributed by atoms with Crippen LogP contribution >= 0.6 is 12.4 Å². The number of likely N-dealkylation sites (tertiary alicyclic amines) is 1. The Morgan fingerprint density at radius 1 is 1.04 bits per heavy atom. The number of hydrogen-bond acceptors (Lipinski definition) is 4. The van der Waals surface area contributed by atoms with Gasteiger partial charge in [-0.25, -0.2) is 0 Å². The van der Waals surface area contributed by atoms with E-state index in [0.717, 1.165) is 49.5 Å². The third-order valence-electron chi connectivity index (χ3n) is 5.25. The highest BCUT2D eigenvalue weighted by Crippen LogP contribution is 2.31. The molecule has 27 heavy (non-hydrogen) atoms. The van der Waals surface area contributed by atoms with Gasteiger partial charge >= 0.3 is 0 Å². The molecule has 2 aliphatic rings. The van der Waals surface area contributed by atoms with Gasteiger partial charge in [-0.2, -0.15) is 0 Å². The van der Waals surface area contributed by atoms with Crippen molar-refractivity contribution in [2.24, 2.45) is 0 Å². The Morgan fingerprint density at radius 3 is 2.44 bits per heavy atom. The van der Waals surface area contributed by atoms with Crippen LogP contribution in [0.1, 0.15) is 35.7 Å². The van der Waals surface area contributed by atoms with Gasteiger partial charge in [0, 0.05) is 38.2 Å². The Morgan fingerprint density at radius 2 is 1.74 bits per heavy atom. The van der Waals surface area contributed by atoms with Crippen LogP contribution in [0.3, 0.4) is 0 Å². The minimum absolute atomic E-state index is 0. The minimum atomic E-state index is -0.319. The van der Waals surface area contributed by atoms with Crippen LogP contribution in [-0.4, -0.2) is 36.2 Å². The van der Waals surface area contributed by atoms with Crippen molar-refractivity contribution in [2.45, 2.75) is 32.0 Å². The van der Waals surface area contributed by atoms with E-state index < -0.39 is 0 Å². The molecule has 144 valence electrons. The van der Waals surface area contributed by atoms with Crippen molar-refractivity contribution in [1.82, 2.24) is 10.2 Å². The smallest absolute Gasteiger partial charge is 0.255 e. The number of carbonyl (C=O) groups excluding carboxylic acids is 1. The first kappa shape index (κ1) is 19.5. The maximum atomic E-state index is 12.4. The fraction of sp³-hybridized carbons (Fsp3) is 0.381. The summed E-state index contributed by atoms with van der Waals surface area (Å²) in [6.07, 6.45) is 1.79. The molecule has 0 atom stereocenters. The number of piperidine rings is 1. The number of anilines is 1. The van der Waals surface area contributed by atoms with Crippen molar-refractivity contribution in [3.8, 4) is 5.75 Å². The third-order valence-corrected chi connectivity index (χ3v) is 5.25. The summed E-state index contributed by atoms with van der Waals surface area (Å²) >= 11 is 0. The molecule has 4 rings (SSSR count). The molecule has 1 amide bonds. The molecule has 2 N–H and O–H groups in total. The zero-order valence-corrected chi connectivity index (χ0v) is 16.3. The van der Waals surface area contributed by atoms with E-state index in [1.54, 1.807) is 0 Å². The highest BCUT2D eigenvalue weighted by atomic mass is 35.5. The van der Waals surface area contributed by atoms with Gasteiger partial charge in [0.2, 0.25) is 0 Å². The van der Waals surface area contributed by atoms with Crippen LogP contribution in [0.5, 0.6) is 5.75 Å². The van der Waals surface area contributed by atoms with Crippen molar-refractivity contribution in [3.05, 3.63) is 59.7 Å². The van der Waals surface area contributed by atoms with E-state index in [4.69, 9.17) is 4.74 Å². The number of benzene rings is 2. The van der Waals surface area contributed by atoms with E-state index in [-0.39, 0.29) is 24.0 Å². The first-order valence-corrected chi connectivity index (χ1v) is 9.31. The fourth-order valence-electron chi connectivity index (χ4n) is 3.82. The van der Waals surface area contributed by atoms with Crippen molar-refractivity contribution < 1.29 is 9.53 Å². The molecule has 1 fully saturated rings. The number of fused-ring (bicyclic) bond motifs is 1. The molecule has 2 aromatic carbocycles. The average Bonchev–Trinajstić information content (AvgIpc) is 2.66. The van der Waals surface area contributed by atoms with E-state index in [9.17, 15) is 4.79 Å². The van der Waals surface area contributed by atoms with Gasteiger partial charge in [0.15, 0.2) is 0 Å². The molecule has 5 nitrogen and oxygen atoms in total. The number of amides is 1. The van der Waals surface area contributed by atoms with Gasteiger partial charge in [0.25, 0.3) is 5.91 Å². The Balaban J connectivity index is 0.00000210. The number of carbonyl (C=O) groups is 1. The summed E-state index contributed by atoms with van der Waals surface area (Å²) in [6, 6.07) is 16.1. The Hall–Kier alpha value is -2.24. The molecule has 6 heteroatoms. The standard InChI is InChI=1S/C21H25N3O2.ClH/c1-2-26-17-9-7-16(8-10-17)15-24-13-11-21(12-14-24)22-19-6-4-3-5-18(19)20(25)23-21;/h3-10,22H,2,11-15H2,1H3,(H,23,25);1H. The van der Waals surface area contributed by atoms with Gasteiger partial charge in [-0.3, -0.25) is 9.69 Å². The van der Waals surface area contributed by atoms with Crippen LogP contribution in [0.2, 0.25) is 0 Å². The molecule has 1 saturated heterocycles. The van der Waals surface area contributed by atoms with Gasteiger partial charge < -0.3 is 15.4 Å². The fourth-order valence-corrected chi connectivity index (χ4v) is 3.82. The highest BCUT2D eigenvalue weighted by molar-refractivity contribution is 6.02. The first-order valence-electron chi connectivity index (χ1n) is 9.31. The van der Waals surface area contributed by atoms with E-state index in [1.807, 2.05) is 43.3 Å². The van der Waals surface area contributed by atoms with E-state index >= 15 is 0 Å². The quantitative estimate of drug-likeness (QED) is 0.840. The molecule has 0 bridgehead atoms. The number of ether oxygens (including phenoxy) is 1. The molecule has 1 spiro atoms. The summed E-state index contributed by atoms with van der Waals surface area (Å²) in [7, 11) is 0. The molecule has 0 radical (unpaired) electrons. The topological polar surface area (TPSA) is 53.6 Å². The number of hydrogen-bond donors (Lipinski definition) is 2. The highest BCUT2D eigenvalue weighted by Gasteiger charge is 2.39. The lowest BCUT2D eigenvalue weighted by molar-refractivity contribution is 0.0822. The van der Waals surface area contributed by atoms with E-state index in [1.165, 1.54) is 5.56 Å². The normalized spacial score (nSPS) is 18.0. The van der Waals surface area contributed by atoms with E-state index in [2.05, 4.69) is 27.7 Å². The van der Waals surface area contributed by atoms with Crippen LogP contribution < -0.4 is 15.4 Å². The number of rotatable bonds is 4. The zero-order valence-electron chi connectivity index (χ0n) is 15.5. The molecule has 0 aromatic heterocycles. The maximum absolute atomic E-state index is 12.4. The van der Waals surface area contributed by atoms with Crippen LogP contribution in [-0.2, 0) is 6.54 Å². The molecule has 0 aliphatic carbocycles. The first-order chi connectivity index (χ1) is 12.7. The molecular formula is C21H26ClN3O2. The Labute approximate surface area is 166 Å². The summed E-state index contributed by atoms with van der Waals surface area (Å²) in [5.74, 6) is 0.945. The second-order valence-electron chi connectivity index (χ2n) is 7.06. The largest absolute Gasteiger partial charge is 0.494 e. The predicted molar refractivity (Wildman–Crippen MR) is 110 cm³/mol. The third kappa shape index (κ3) is 4.20. The zero-order chi connectivity index (χ0) is 18.0. The second kappa shape index (κ2) is 8.19. The average molecular weight is 388 g/mol. The van der Waals surface area contributed by atoms with Crippen LogP contribution in [0.25, 0.3) is 0 Å². The molecule has 0 saturated carbocycles. The SMILES string of the molecule is CCOc1ccc(CN2CCC3(CC2)NC(=O)c2ccccc2N3)cc1.Cl. The van der Waals surface area contributed by atoms with Crippen molar-refractivity contribution in [3.63, 3.8) is 0 Å². The summed E-state index contributed by atoms with van der Waals surface area (Å²) in [4.78, 5) is 14.9. The number of halogens is 1. The lowest BCUT2D eigenvalue weighted by Crippen LogP contribution is -2.62. The monoisotopic (exact) mass is 387 g/mol. The summed E-state index contributed by atoms with van der Waals surface area (Å²) in [6.45, 7) is 5.50. The van der Waals surface area contributed by atoms with E-state index in [0.29, 0.717) is 6.61 Å². The number of nitrogens with one attached hydrogen (secondary N) is 2. The molecule has 2 heterocycles. The minimum Gasteiger partial charge on any atom is -0.494 e. The molecule has 0 unspecified atom stereocenters. The predicted octanol–water partition coefficient (Wildman–Crippen LogP) is 3.65. The summed E-state index contributed by atoms with van der Waals surface area (Å²) < 4.78 is 5.50. The Kier molecular flexibility index (Phi) is 5.92.